The van der Waals surface area contributed by atoms with Gasteiger partial charge in [0.1, 0.15) is 6.29 Å². The van der Waals surface area contributed by atoms with Gasteiger partial charge >= 0.3 is 0 Å². The van der Waals surface area contributed by atoms with Gasteiger partial charge in [0.25, 0.3) is 0 Å². The molecule has 70 valence electrons. The van der Waals surface area contributed by atoms with Gasteiger partial charge in [0.15, 0.2) is 0 Å². The molecule has 0 bridgehead atoms. The van der Waals surface area contributed by atoms with Gasteiger partial charge in [0, 0.05) is 16.6 Å². The molecule has 1 aromatic carbocycles. The molecule has 1 rings (SSSR count). The molecule has 0 fully saturated rings. The molecule has 0 heterocycles. The van der Waals surface area contributed by atoms with Crippen LogP contribution >= 0.6 is 15.9 Å². The van der Waals surface area contributed by atoms with E-state index < -0.39 is 0 Å². The first-order valence-corrected chi connectivity index (χ1v) is 4.80. The molecule has 1 aromatic rings. The van der Waals surface area contributed by atoms with Gasteiger partial charge in [0.2, 0.25) is 0 Å². The summed E-state index contributed by atoms with van der Waals surface area (Å²) < 4.78 is 0.953. The Bertz CT molecular complexity index is 310. The van der Waals surface area contributed by atoms with Crippen molar-refractivity contribution in [2.24, 2.45) is 0 Å². The number of rotatable bonds is 3. The fraction of sp³-hybridized carbons (Fsp3) is 0.300. The summed E-state index contributed by atoms with van der Waals surface area (Å²) in [6.07, 6.45) is 0.865. The van der Waals surface area contributed by atoms with E-state index in [1.807, 2.05) is 32.3 Å². The summed E-state index contributed by atoms with van der Waals surface area (Å²) in [4.78, 5) is 12.6. The number of hydrogen-bond acceptors (Lipinski definition) is 2. The molecule has 0 aromatic heterocycles. The fourth-order valence-electron chi connectivity index (χ4n) is 1.20. The first-order chi connectivity index (χ1) is 6.11. The molecule has 0 saturated carbocycles. The van der Waals surface area contributed by atoms with Crippen LogP contribution in [0, 0.1) is 0 Å². The molecule has 0 spiro atoms. The maximum Gasteiger partial charge on any atom is 0.150 e. The minimum atomic E-state index is 0.714. The Morgan fingerprint density at radius 2 is 2.08 bits per heavy atom. The predicted octanol–water partition coefficient (Wildman–Crippen LogP) is 2.32. The second-order valence-electron chi connectivity index (χ2n) is 3.25. The Morgan fingerprint density at radius 3 is 2.62 bits per heavy atom. The third-order valence-electron chi connectivity index (χ3n) is 1.61. The van der Waals surface area contributed by atoms with Crippen LogP contribution < -0.4 is 0 Å². The number of hydrogen-bond donors (Lipinski definition) is 0. The Labute approximate surface area is 86.7 Å². The van der Waals surface area contributed by atoms with Crippen molar-refractivity contribution in [3.8, 4) is 0 Å². The van der Waals surface area contributed by atoms with Crippen LogP contribution in [0.1, 0.15) is 15.9 Å². The average Bonchev–Trinajstić information content (AvgIpc) is 2.01. The SMILES string of the molecule is CN(C)Cc1cc(Br)cc(C=O)c1. The van der Waals surface area contributed by atoms with Crippen LogP contribution in [0.25, 0.3) is 0 Å². The summed E-state index contributed by atoms with van der Waals surface area (Å²) in [5, 5.41) is 0. The second kappa shape index (κ2) is 4.53. The van der Waals surface area contributed by atoms with Crippen LogP contribution in [0.2, 0.25) is 0 Å². The molecule has 0 aliphatic carbocycles. The minimum absolute atomic E-state index is 0.714. The van der Waals surface area contributed by atoms with Crippen molar-refractivity contribution in [3.05, 3.63) is 33.8 Å². The molecule has 0 unspecified atom stereocenters. The maximum absolute atomic E-state index is 10.6. The molecule has 0 saturated heterocycles. The second-order valence-corrected chi connectivity index (χ2v) is 4.16. The van der Waals surface area contributed by atoms with Crippen molar-refractivity contribution in [2.45, 2.75) is 6.54 Å². The molecule has 0 N–H and O–H groups in total. The molecule has 3 heteroatoms. The Hall–Kier alpha value is -0.670. The highest BCUT2D eigenvalue weighted by molar-refractivity contribution is 9.10. The van der Waals surface area contributed by atoms with Crippen LogP contribution in [0.4, 0.5) is 0 Å². The first-order valence-electron chi connectivity index (χ1n) is 4.01. The van der Waals surface area contributed by atoms with Crippen molar-refractivity contribution in [1.29, 1.82) is 0 Å². The van der Waals surface area contributed by atoms with E-state index in [1.54, 1.807) is 0 Å². The van der Waals surface area contributed by atoms with Gasteiger partial charge in [-0.2, -0.15) is 0 Å². The molecular formula is C10H12BrNO. The number of carbonyl (C=O) groups is 1. The lowest BCUT2D eigenvalue weighted by molar-refractivity contribution is 0.112. The van der Waals surface area contributed by atoms with Crippen LogP contribution in [0.15, 0.2) is 22.7 Å². The van der Waals surface area contributed by atoms with Crippen LogP contribution in [0.3, 0.4) is 0 Å². The van der Waals surface area contributed by atoms with E-state index in [0.29, 0.717) is 5.56 Å². The number of nitrogens with zero attached hydrogens (tertiary/aromatic N) is 1. The number of carbonyl (C=O) groups excluding carboxylic acids is 1. The van der Waals surface area contributed by atoms with E-state index in [9.17, 15) is 4.79 Å². The van der Waals surface area contributed by atoms with Crippen LogP contribution in [0.5, 0.6) is 0 Å². The molecule has 0 aliphatic rings. The zero-order valence-electron chi connectivity index (χ0n) is 7.75. The Morgan fingerprint density at radius 1 is 1.38 bits per heavy atom. The lowest BCUT2D eigenvalue weighted by atomic mass is 10.1. The lowest BCUT2D eigenvalue weighted by Crippen LogP contribution is -2.10. The van der Waals surface area contributed by atoms with Crippen molar-refractivity contribution < 1.29 is 4.79 Å². The zero-order chi connectivity index (χ0) is 9.84. The molecule has 0 amide bonds. The monoisotopic (exact) mass is 241 g/mol. The van der Waals surface area contributed by atoms with E-state index >= 15 is 0 Å². The van der Waals surface area contributed by atoms with Gasteiger partial charge in [-0.1, -0.05) is 15.9 Å². The zero-order valence-corrected chi connectivity index (χ0v) is 9.34. The minimum Gasteiger partial charge on any atom is -0.305 e. The van der Waals surface area contributed by atoms with Crippen molar-refractivity contribution >= 4 is 22.2 Å². The van der Waals surface area contributed by atoms with Crippen molar-refractivity contribution in [3.63, 3.8) is 0 Å². The largest absolute Gasteiger partial charge is 0.305 e. The summed E-state index contributed by atoms with van der Waals surface area (Å²) in [5.74, 6) is 0. The summed E-state index contributed by atoms with van der Waals surface area (Å²) in [6, 6.07) is 5.73. The van der Waals surface area contributed by atoms with Gasteiger partial charge in [-0.3, -0.25) is 4.79 Å². The first kappa shape index (κ1) is 10.4. The van der Waals surface area contributed by atoms with Gasteiger partial charge in [-0.25, -0.2) is 0 Å². The maximum atomic E-state index is 10.6. The predicted molar refractivity (Wildman–Crippen MR) is 56.9 cm³/mol. The lowest BCUT2D eigenvalue weighted by Gasteiger charge is -2.10. The van der Waals surface area contributed by atoms with Crippen molar-refractivity contribution in [2.75, 3.05) is 14.1 Å². The third-order valence-corrected chi connectivity index (χ3v) is 2.07. The fourth-order valence-corrected chi connectivity index (χ4v) is 1.76. The average molecular weight is 242 g/mol. The number of benzene rings is 1. The summed E-state index contributed by atoms with van der Waals surface area (Å²) in [7, 11) is 4.00. The van der Waals surface area contributed by atoms with Gasteiger partial charge in [0.05, 0.1) is 0 Å². The standard InChI is InChI=1S/C10H12BrNO/c1-12(2)6-8-3-9(7-13)5-10(11)4-8/h3-5,7H,6H2,1-2H3. The van der Waals surface area contributed by atoms with Crippen molar-refractivity contribution in [1.82, 2.24) is 4.90 Å². The van der Waals surface area contributed by atoms with E-state index in [2.05, 4.69) is 20.8 Å². The number of halogens is 1. The molecule has 0 atom stereocenters. The quantitative estimate of drug-likeness (QED) is 0.758. The highest BCUT2D eigenvalue weighted by Crippen LogP contribution is 2.15. The molecule has 0 aliphatic heterocycles. The van der Waals surface area contributed by atoms with Crippen LogP contribution in [-0.2, 0) is 6.54 Å². The molecule has 13 heavy (non-hydrogen) atoms. The molecule has 0 radical (unpaired) electrons. The van der Waals surface area contributed by atoms with Gasteiger partial charge in [-0.05, 0) is 37.9 Å². The topological polar surface area (TPSA) is 20.3 Å². The Kier molecular flexibility index (Phi) is 3.63. The van der Waals surface area contributed by atoms with E-state index in [-0.39, 0.29) is 0 Å². The summed E-state index contributed by atoms with van der Waals surface area (Å²) in [6.45, 7) is 0.847. The van der Waals surface area contributed by atoms with Gasteiger partial charge in [-0.15, -0.1) is 0 Å². The highest BCUT2D eigenvalue weighted by atomic mass is 79.9. The van der Waals surface area contributed by atoms with Crippen LogP contribution in [-0.4, -0.2) is 25.3 Å². The normalized spacial score (nSPS) is 10.5. The highest BCUT2D eigenvalue weighted by Gasteiger charge is 1.99. The summed E-state index contributed by atoms with van der Waals surface area (Å²) in [5.41, 5.74) is 1.85. The van der Waals surface area contributed by atoms with E-state index in [4.69, 9.17) is 0 Å². The smallest absolute Gasteiger partial charge is 0.150 e. The van der Waals surface area contributed by atoms with Gasteiger partial charge < -0.3 is 4.90 Å². The van der Waals surface area contributed by atoms with E-state index in [0.717, 1.165) is 22.9 Å². The van der Waals surface area contributed by atoms with E-state index in [1.165, 1.54) is 0 Å². The molecular weight excluding hydrogens is 230 g/mol. The third kappa shape index (κ3) is 3.28. The summed E-state index contributed by atoms with van der Waals surface area (Å²) >= 11 is 3.37. The molecule has 2 nitrogen and oxygen atoms in total. The Balaban J connectivity index is 2.94. The number of aldehydes is 1.